The topological polar surface area (TPSA) is 88.2 Å². The average Bonchev–Trinajstić information content (AvgIpc) is 2.95. The van der Waals surface area contributed by atoms with Gasteiger partial charge in [-0.15, -0.1) is 10.2 Å². The van der Waals surface area contributed by atoms with Crippen LogP contribution in [0.2, 0.25) is 0 Å². The monoisotopic (exact) mass is 303 g/mol. The van der Waals surface area contributed by atoms with Crippen LogP contribution in [0.4, 0.5) is 0 Å². The third kappa shape index (κ3) is 4.96. The standard InChI is InChI=1S/C16H21N3O3/c1-12-7-4-5-8-13(12)16-19-18-14(22-16)11-17-10-6-2-3-9-15(20)21/h4-5,7-8,17H,2-3,6,9-11H2,1H3,(H,20,21). The highest BCUT2D eigenvalue weighted by atomic mass is 16.4. The molecule has 0 atom stereocenters. The summed E-state index contributed by atoms with van der Waals surface area (Å²) in [5.41, 5.74) is 2.05. The van der Waals surface area contributed by atoms with Crippen LogP contribution < -0.4 is 5.32 Å². The fourth-order valence-electron chi connectivity index (χ4n) is 2.15. The van der Waals surface area contributed by atoms with Crippen molar-refractivity contribution in [1.29, 1.82) is 0 Å². The number of nitrogens with one attached hydrogen (secondary N) is 1. The molecule has 0 bridgehead atoms. The van der Waals surface area contributed by atoms with Crippen LogP contribution in [0.1, 0.15) is 37.1 Å². The van der Waals surface area contributed by atoms with E-state index in [1.807, 2.05) is 31.2 Å². The molecule has 0 spiro atoms. The molecule has 0 fully saturated rings. The van der Waals surface area contributed by atoms with Crippen LogP contribution in [0.5, 0.6) is 0 Å². The van der Waals surface area contributed by atoms with E-state index in [-0.39, 0.29) is 6.42 Å². The molecule has 118 valence electrons. The molecule has 0 amide bonds. The lowest BCUT2D eigenvalue weighted by molar-refractivity contribution is -0.137. The minimum absolute atomic E-state index is 0.240. The first kappa shape index (κ1) is 16.2. The Morgan fingerprint density at radius 2 is 2.05 bits per heavy atom. The Morgan fingerprint density at radius 3 is 2.82 bits per heavy atom. The first-order valence-corrected chi connectivity index (χ1v) is 7.47. The van der Waals surface area contributed by atoms with Gasteiger partial charge in [0.2, 0.25) is 11.8 Å². The maximum Gasteiger partial charge on any atom is 0.303 e. The summed E-state index contributed by atoms with van der Waals surface area (Å²) in [6.45, 7) is 3.34. The number of hydrogen-bond donors (Lipinski definition) is 2. The zero-order chi connectivity index (χ0) is 15.8. The summed E-state index contributed by atoms with van der Waals surface area (Å²) in [7, 11) is 0. The van der Waals surface area contributed by atoms with Crippen LogP contribution in [0.15, 0.2) is 28.7 Å². The normalized spacial score (nSPS) is 10.8. The van der Waals surface area contributed by atoms with Crippen LogP contribution in [0.3, 0.4) is 0 Å². The Morgan fingerprint density at radius 1 is 1.23 bits per heavy atom. The molecule has 0 aliphatic rings. The summed E-state index contributed by atoms with van der Waals surface area (Å²) in [5, 5.41) is 19.9. The largest absolute Gasteiger partial charge is 0.481 e. The zero-order valence-electron chi connectivity index (χ0n) is 12.7. The molecule has 1 aromatic carbocycles. The van der Waals surface area contributed by atoms with Crippen molar-refractivity contribution in [1.82, 2.24) is 15.5 Å². The van der Waals surface area contributed by atoms with Gasteiger partial charge in [0, 0.05) is 12.0 Å². The predicted octanol–water partition coefficient (Wildman–Crippen LogP) is 2.78. The highest BCUT2D eigenvalue weighted by molar-refractivity contribution is 5.66. The molecule has 0 radical (unpaired) electrons. The number of rotatable bonds is 9. The van der Waals surface area contributed by atoms with Crippen LogP contribution in [0, 0.1) is 6.92 Å². The molecule has 2 N–H and O–H groups in total. The summed E-state index contributed by atoms with van der Waals surface area (Å²) in [5.74, 6) is 0.364. The molecule has 1 aromatic heterocycles. The first-order chi connectivity index (χ1) is 10.7. The van der Waals surface area contributed by atoms with Crippen LogP contribution in [0.25, 0.3) is 11.5 Å². The molecule has 2 rings (SSSR count). The van der Waals surface area contributed by atoms with Crippen molar-refractivity contribution in [2.24, 2.45) is 0 Å². The molecule has 0 saturated carbocycles. The van der Waals surface area contributed by atoms with Gasteiger partial charge in [0.05, 0.1) is 6.54 Å². The highest BCUT2D eigenvalue weighted by Gasteiger charge is 2.09. The Balaban J connectivity index is 1.72. The number of aromatic nitrogens is 2. The molecule has 6 nitrogen and oxygen atoms in total. The number of hydrogen-bond acceptors (Lipinski definition) is 5. The van der Waals surface area contributed by atoms with Crippen molar-refractivity contribution in [2.45, 2.75) is 39.2 Å². The summed E-state index contributed by atoms with van der Waals surface area (Å²) in [4.78, 5) is 10.4. The van der Waals surface area contributed by atoms with E-state index in [0.717, 1.165) is 36.9 Å². The number of aryl methyl sites for hydroxylation is 1. The lowest BCUT2D eigenvalue weighted by atomic mass is 10.1. The second kappa shape index (κ2) is 8.29. The van der Waals surface area contributed by atoms with Crippen LogP contribution in [-0.2, 0) is 11.3 Å². The molecule has 0 aliphatic heterocycles. The van der Waals surface area contributed by atoms with Crippen molar-refractivity contribution >= 4 is 5.97 Å². The first-order valence-electron chi connectivity index (χ1n) is 7.47. The van der Waals surface area contributed by atoms with Crippen LogP contribution in [-0.4, -0.2) is 27.8 Å². The summed E-state index contributed by atoms with van der Waals surface area (Å²) in [6, 6.07) is 7.89. The number of unbranched alkanes of at least 4 members (excludes halogenated alkanes) is 2. The van der Waals surface area contributed by atoms with Gasteiger partial charge in [-0.2, -0.15) is 0 Å². The van der Waals surface area contributed by atoms with Gasteiger partial charge in [0.1, 0.15) is 0 Å². The van der Waals surface area contributed by atoms with Gasteiger partial charge in [-0.05, 0) is 37.9 Å². The third-order valence-corrected chi connectivity index (χ3v) is 3.36. The van der Waals surface area contributed by atoms with E-state index in [4.69, 9.17) is 9.52 Å². The van der Waals surface area contributed by atoms with Gasteiger partial charge in [-0.3, -0.25) is 4.79 Å². The number of carbonyl (C=O) groups is 1. The van der Waals surface area contributed by atoms with E-state index in [2.05, 4.69) is 15.5 Å². The number of nitrogens with zero attached hydrogens (tertiary/aromatic N) is 2. The summed E-state index contributed by atoms with van der Waals surface area (Å²) < 4.78 is 5.65. The number of carboxylic acids is 1. The molecule has 1 heterocycles. The maximum atomic E-state index is 10.4. The van der Waals surface area contributed by atoms with Crippen molar-refractivity contribution in [2.75, 3.05) is 6.54 Å². The predicted molar refractivity (Wildman–Crippen MR) is 82.3 cm³/mol. The van der Waals surface area contributed by atoms with Gasteiger partial charge in [-0.25, -0.2) is 0 Å². The Kier molecular flexibility index (Phi) is 6.09. The third-order valence-electron chi connectivity index (χ3n) is 3.36. The molecule has 0 aliphatic carbocycles. The van der Waals surface area contributed by atoms with Crippen molar-refractivity contribution in [3.8, 4) is 11.5 Å². The summed E-state index contributed by atoms with van der Waals surface area (Å²) >= 11 is 0. The lowest BCUT2D eigenvalue weighted by Crippen LogP contribution is -2.15. The van der Waals surface area contributed by atoms with Gasteiger partial charge in [0.15, 0.2) is 0 Å². The fourth-order valence-corrected chi connectivity index (χ4v) is 2.15. The second-order valence-corrected chi connectivity index (χ2v) is 5.20. The Hall–Kier alpha value is -2.21. The van der Waals surface area contributed by atoms with Gasteiger partial charge in [0.25, 0.3) is 0 Å². The fraction of sp³-hybridized carbons (Fsp3) is 0.438. The van der Waals surface area contributed by atoms with Crippen molar-refractivity contribution < 1.29 is 14.3 Å². The molecule has 6 heteroatoms. The van der Waals surface area contributed by atoms with E-state index in [1.54, 1.807) is 0 Å². The highest BCUT2D eigenvalue weighted by Crippen LogP contribution is 2.21. The number of aliphatic carboxylic acids is 1. The quantitative estimate of drug-likeness (QED) is 0.692. The average molecular weight is 303 g/mol. The minimum Gasteiger partial charge on any atom is -0.481 e. The van der Waals surface area contributed by atoms with E-state index in [9.17, 15) is 4.79 Å². The molecular weight excluding hydrogens is 282 g/mol. The number of benzene rings is 1. The van der Waals surface area contributed by atoms with E-state index in [0.29, 0.717) is 18.3 Å². The van der Waals surface area contributed by atoms with Gasteiger partial charge < -0.3 is 14.8 Å². The van der Waals surface area contributed by atoms with E-state index >= 15 is 0 Å². The molecule has 22 heavy (non-hydrogen) atoms. The van der Waals surface area contributed by atoms with Crippen molar-refractivity contribution in [3.63, 3.8) is 0 Å². The second-order valence-electron chi connectivity index (χ2n) is 5.20. The van der Waals surface area contributed by atoms with E-state index < -0.39 is 5.97 Å². The SMILES string of the molecule is Cc1ccccc1-c1nnc(CNCCCCCC(=O)O)o1. The Bertz CT molecular complexity index is 610. The van der Waals surface area contributed by atoms with Crippen molar-refractivity contribution in [3.05, 3.63) is 35.7 Å². The molecule has 0 saturated heterocycles. The smallest absolute Gasteiger partial charge is 0.303 e. The summed E-state index contributed by atoms with van der Waals surface area (Å²) in [6.07, 6.45) is 2.79. The molecule has 2 aromatic rings. The lowest BCUT2D eigenvalue weighted by Gasteiger charge is -2.01. The van der Waals surface area contributed by atoms with E-state index in [1.165, 1.54) is 0 Å². The van der Waals surface area contributed by atoms with Gasteiger partial charge >= 0.3 is 5.97 Å². The minimum atomic E-state index is -0.734. The number of carboxylic acid groups (broad SMARTS) is 1. The van der Waals surface area contributed by atoms with Gasteiger partial charge in [-0.1, -0.05) is 24.6 Å². The zero-order valence-corrected chi connectivity index (χ0v) is 12.7. The molecular formula is C16H21N3O3. The van der Waals surface area contributed by atoms with Crippen LogP contribution >= 0.6 is 0 Å². The molecule has 0 unspecified atom stereocenters. The Labute approximate surface area is 129 Å². The maximum absolute atomic E-state index is 10.4.